The molecule has 0 saturated carbocycles. The summed E-state index contributed by atoms with van der Waals surface area (Å²) in [4.78, 5) is 13.7. The molecular weight excluding hydrogens is 615 g/mol. The van der Waals surface area contributed by atoms with Gasteiger partial charge in [-0.2, -0.15) is 10.5 Å². The maximum Gasteiger partial charge on any atom is 0.137 e. The van der Waals surface area contributed by atoms with E-state index in [1.54, 1.807) is 18.5 Å². The molecular formula is C43H27N7. The third-order valence-corrected chi connectivity index (χ3v) is 9.47. The molecule has 1 unspecified atom stereocenters. The van der Waals surface area contributed by atoms with Crippen molar-refractivity contribution < 1.29 is 0 Å². The van der Waals surface area contributed by atoms with Crippen molar-refractivity contribution in [2.75, 3.05) is 0 Å². The van der Waals surface area contributed by atoms with E-state index in [4.69, 9.17) is 0 Å². The second kappa shape index (κ2) is 11.6. The van der Waals surface area contributed by atoms with Gasteiger partial charge in [-0.1, -0.05) is 49.4 Å². The van der Waals surface area contributed by atoms with E-state index in [1.165, 1.54) is 0 Å². The highest BCUT2D eigenvalue weighted by Crippen LogP contribution is 2.39. The Bertz CT molecular complexity index is 2780. The fourth-order valence-corrected chi connectivity index (χ4v) is 7.00. The normalized spacial score (nSPS) is 13.7. The Morgan fingerprint density at radius 2 is 1.36 bits per heavy atom. The van der Waals surface area contributed by atoms with Crippen LogP contribution >= 0.6 is 0 Å². The maximum absolute atomic E-state index is 9.35. The van der Waals surface area contributed by atoms with Gasteiger partial charge in [0.15, 0.2) is 0 Å². The molecule has 8 aromatic rings. The quantitative estimate of drug-likeness (QED) is 0.191. The molecule has 7 nitrogen and oxygen atoms in total. The third kappa shape index (κ3) is 4.69. The molecule has 5 aromatic heterocycles. The van der Waals surface area contributed by atoms with Crippen molar-refractivity contribution >= 4 is 44.9 Å². The number of aromatic nitrogens is 5. The van der Waals surface area contributed by atoms with Gasteiger partial charge in [-0.3, -0.25) is 14.5 Å². The molecule has 7 heteroatoms. The van der Waals surface area contributed by atoms with E-state index in [9.17, 15) is 10.5 Å². The van der Waals surface area contributed by atoms with Crippen LogP contribution in [0.4, 0.5) is 0 Å². The number of hydrogen-bond donors (Lipinski definition) is 0. The first-order valence-corrected chi connectivity index (χ1v) is 16.4. The topological polar surface area (TPSA) is 96.1 Å². The average molecular weight is 642 g/mol. The van der Waals surface area contributed by atoms with Crippen LogP contribution in [0.2, 0.25) is 0 Å². The van der Waals surface area contributed by atoms with E-state index in [1.807, 2.05) is 42.7 Å². The number of hydrogen-bond acceptors (Lipinski definition) is 5. The van der Waals surface area contributed by atoms with Gasteiger partial charge in [-0.05, 0) is 89.9 Å². The zero-order chi connectivity index (χ0) is 33.8. The Hall–Kier alpha value is -7.09. The van der Waals surface area contributed by atoms with Crippen LogP contribution in [0, 0.1) is 28.6 Å². The SMILES string of the molecule is CC1C=Cc2c(n(-c3ccc(C#N)cn3)c3ccc(-c4ccc5c(c4)c4ccncc4n5-c4cccc(-c5ccc(C#N)cn5)c4)cc23)C=C1. The molecule has 0 N–H and O–H groups in total. The minimum atomic E-state index is 0.304. The van der Waals surface area contributed by atoms with Crippen molar-refractivity contribution in [3.8, 4) is 46.0 Å². The Labute approximate surface area is 288 Å². The van der Waals surface area contributed by atoms with Gasteiger partial charge in [0.25, 0.3) is 0 Å². The molecule has 3 aromatic carbocycles. The zero-order valence-corrected chi connectivity index (χ0v) is 27.0. The summed E-state index contributed by atoms with van der Waals surface area (Å²) in [6.45, 7) is 2.18. The van der Waals surface area contributed by atoms with Gasteiger partial charge in [0.05, 0.1) is 45.3 Å². The predicted molar refractivity (Wildman–Crippen MR) is 199 cm³/mol. The average Bonchev–Trinajstić information content (AvgIpc) is 3.59. The van der Waals surface area contributed by atoms with E-state index in [0.717, 1.165) is 77.9 Å². The first-order chi connectivity index (χ1) is 24.6. The lowest BCUT2D eigenvalue weighted by molar-refractivity contribution is 0.952. The predicted octanol–water partition coefficient (Wildman–Crippen LogP) is 9.67. The van der Waals surface area contributed by atoms with Gasteiger partial charge in [0.2, 0.25) is 0 Å². The van der Waals surface area contributed by atoms with E-state index in [0.29, 0.717) is 17.0 Å². The fraction of sp³-hybridized carbons (Fsp3) is 0.0465. The molecule has 1 atom stereocenters. The Kier molecular flexibility index (Phi) is 6.72. The van der Waals surface area contributed by atoms with Crippen molar-refractivity contribution in [1.82, 2.24) is 24.1 Å². The van der Waals surface area contributed by atoms with Crippen LogP contribution in [-0.4, -0.2) is 24.1 Å². The van der Waals surface area contributed by atoms with Crippen molar-refractivity contribution in [1.29, 1.82) is 10.5 Å². The smallest absolute Gasteiger partial charge is 0.137 e. The second-order valence-electron chi connectivity index (χ2n) is 12.5. The maximum atomic E-state index is 9.35. The minimum Gasteiger partial charge on any atom is -0.308 e. The molecule has 5 heterocycles. The van der Waals surface area contributed by atoms with Crippen molar-refractivity contribution in [3.05, 3.63) is 150 Å². The van der Waals surface area contributed by atoms with Crippen LogP contribution in [0.1, 0.15) is 29.3 Å². The summed E-state index contributed by atoms with van der Waals surface area (Å²) < 4.78 is 4.43. The molecule has 0 amide bonds. The highest BCUT2D eigenvalue weighted by Gasteiger charge is 2.20. The number of fused-ring (bicyclic) bond motifs is 6. The lowest BCUT2D eigenvalue weighted by atomic mass is 10.00. The molecule has 9 rings (SSSR count). The molecule has 1 aliphatic carbocycles. The largest absolute Gasteiger partial charge is 0.308 e. The summed E-state index contributed by atoms with van der Waals surface area (Å²) in [7, 11) is 0. The van der Waals surface area contributed by atoms with Gasteiger partial charge in [-0.15, -0.1) is 0 Å². The Morgan fingerprint density at radius 1 is 0.620 bits per heavy atom. The van der Waals surface area contributed by atoms with Crippen LogP contribution < -0.4 is 0 Å². The third-order valence-electron chi connectivity index (χ3n) is 9.47. The highest BCUT2D eigenvalue weighted by molar-refractivity contribution is 6.10. The van der Waals surface area contributed by atoms with Crippen LogP contribution in [-0.2, 0) is 0 Å². The molecule has 1 aliphatic rings. The summed E-state index contributed by atoms with van der Waals surface area (Å²) in [6.07, 6.45) is 15.8. The van der Waals surface area contributed by atoms with Gasteiger partial charge >= 0.3 is 0 Å². The first kappa shape index (κ1) is 29.1. The molecule has 0 aliphatic heterocycles. The van der Waals surface area contributed by atoms with E-state index in [-0.39, 0.29) is 0 Å². The van der Waals surface area contributed by atoms with Crippen molar-refractivity contribution in [2.45, 2.75) is 6.92 Å². The molecule has 0 fully saturated rings. The lowest BCUT2D eigenvalue weighted by Gasteiger charge is -2.11. The first-order valence-electron chi connectivity index (χ1n) is 16.4. The fourth-order valence-electron chi connectivity index (χ4n) is 7.00. The molecule has 50 heavy (non-hydrogen) atoms. The van der Waals surface area contributed by atoms with Crippen molar-refractivity contribution in [2.24, 2.45) is 5.92 Å². The van der Waals surface area contributed by atoms with Crippen LogP contribution in [0.5, 0.6) is 0 Å². The Balaban J connectivity index is 1.19. The minimum absolute atomic E-state index is 0.304. The van der Waals surface area contributed by atoms with Crippen LogP contribution in [0.15, 0.2) is 128 Å². The van der Waals surface area contributed by atoms with Gasteiger partial charge < -0.3 is 4.57 Å². The number of pyridine rings is 3. The summed E-state index contributed by atoms with van der Waals surface area (Å²) in [6, 6.07) is 35.4. The van der Waals surface area contributed by atoms with E-state index in [2.05, 4.69) is 122 Å². The number of rotatable bonds is 4. The number of nitriles is 2. The molecule has 0 spiro atoms. The lowest BCUT2D eigenvalue weighted by Crippen LogP contribution is -2.00. The molecule has 0 radical (unpaired) electrons. The molecule has 0 bridgehead atoms. The second-order valence-corrected chi connectivity index (χ2v) is 12.5. The van der Waals surface area contributed by atoms with Crippen LogP contribution in [0.3, 0.4) is 0 Å². The van der Waals surface area contributed by atoms with Crippen LogP contribution in [0.25, 0.3) is 78.8 Å². The Morgan fingerprint density at radius 3 is 2.10 bits per heavy atom. The van der Waals surface area contributed by atoms with Gasteiger partial charge in [-0.25, -0.2) is 4.98 Å². The van der Waals surface area contributed by atoms with Crippen molar-refractivity contribution in [3.63, 3.8) is 0 Å². The number of allylic oxidation sites excluding steroid dienone is 2. The standard InChI is InChI=1S/C43H27N7/c1-27-5-11-34-36-20-31(10-15-41(36)50(39(34)13-6-27)43-16-8-29(23-45)25-48-43)30-9-14-40-37(21-30)35-17-18-46-26-42(35)49(40)33-4-2-3-32(19-33)38-12-7-28(22-44)24-47-38/h2-21,24-27H,1H3. The summed E-state index contributed by atoms with van der Waals surface area (Å²) in [5, 5.41) is 22.0. The zero-order valence-electron chi connectivity index (χ0n) is 27.0. The number of nitrogens with zero attached hydrogens (tertiary/aromatic N) is 7. The highest BCUT2D eigenvalue weighted by atomic mass is 15.1. The molecule has 0 saturated heterocycles. The monoisotopic (exact) mass is 641 g/mol. The summed E-state index contributed by atoms with van der Waals surface area (Å²) in [5.41, 5.74) is 11.5. The van der Waals surface area contributed by atoms with E-state index < -0.39 is 0 Å². The number of benzene rings is 3. The van der Waals surface area contributed by atoms with Gasteiger partial charge in [0, 0.05) is 51.6 Å². The summed E-state index contributed by atoms with van der Waals surface area (Å²) in [5.74, 6) is 1.08. The van der Waals surface area contributed by atoms with Gasteiger partial charge in [0.1, 0.15) is 18.0 Å². The van der Waals surface area contributed by atoms with E-state index >= 15 is 0 Å². The summed E-state index contributed by atoms with van der Waals surface area (Å²) >= 11 is 0. The molecule has 234 valence electrons.